The van der Waals surface area contributed by atoms with E-state index in [0.717, 1.165) is 12.0 Å². The Bertz CT molecular complexity index is 1130. The zero-order valence-corrected chi connectivity index (χ0v) is 16.5. The predicted octanol–water partition coefficient (Wildman–Crippen LogP) is 0.428. The summed E-state index contributed by atoms with van der Waals surface area (Å²) in [6.45, 7) is -0.610. The largest absolute Gasteiger partial charge is 0.387 e. The van der Waals surface area contributed by atoms with E-state index in [-0.39, 0.29) is 0 Å². The van der Waals surface area contributed by atoms with Gasteiger partial charge in [-0.2, -0.15) is 8.42 Å². The number of ether oxygens (including phenoxy) is 1. The van der Waals surface area contributed by atoms with Gasteiger partial charge in [0.05, 0.1) is 18.6 Å². The first-order chi connectivity index (χ1) is 14.3. The smallest absolute Gasteiger partial charge is 0.333 e. The first-order valence-electron chi connectivity index (χ1n) is 9.18. The summed E-state index contributed by atoms with van der Waals surface area (Å²) in [5, 5.41) is 14.8. The van der Waals surface area contributed by atoms with Gasteiger partial charge in [0, 0.05) is 0 Å². The van der Waals surface area contributed by atoms with Gasteiger partial charge in [0.1, 0.15) is 24.1 Å². The van der Waals surface area contributed by atoms with E-state index in [1.54, 1.807) is 0 Å². The third kappa shape index (κ3) is 4.32. The molecule has 0 saturated carbocycles. The highest BCUT2D eigenvalue weighted by Crippen LogP contribution is 2.34. The van der Waals surface area contributed by atoms with Gasteiger partial charge in [0.2, 0.25) is 0 Å². The molecule has 2 aromatic heterocycles. The monoisotopic (exact) mass is 437 g/mol. The molecule has 1 fully saturated rings. The second kappa shape index (κ2) is 8.32. The fraction of sp³-hybridized carbons (Fsp3) is 0.389. The van der Waals surface area contributed by atoms with Gasteiger partial charge in [-0.05, 0) is 18.4 Å². The van der Waals surface area contributed by atoms with E-state index in [2.05, 4.69) is 19.1 Å². The number of alkyl halides is 1. The van der Waals surface area contributed by atoms with Crippen molar-refractivity contribution in [2.24, 2.45) is 5.14 Å². The predicted molar refractivity (Wildman–Crippen MR) is 103 cm³/mol. The quantitative estimate of drug-likeness (QED) is 0.542. The average molecular weight is 437 g/mol. The third-order valence-electron chi connectivity index (χ3n) is 4.89. The Hall–Kier alpha value is -2.51. The van der Waals surface area contributed by atoms with Crippen molar-refractivity contribution in [3.8, 4) is 0 Å². The molecule has 1 saturated heterocycles. The second-order valence-corrected chi connectivity index (χ2v) is 8.13. The van der Waals surface area contributed by atoms with Crippen molar-refractivity contribution < 1.29 is 26.8 Å². The molecule has 0 radical (unpaired) electrons. The number of hydrogen-bond acceptors (Lipinski definition) is 8. The normalized spacial score (nSPS) is 24.5. The van der Waals surface area contributed by atoms with Crippen LogP contribution in [0.15, 0.2) is 43.0 Å². The Kier molecular flexibility index (Phi) is 5.75. The summed E-state index contributed by atoms with van der Waals surface area (Å²) < 4.78 is 47.9. The van der Waals surface area contributed by atoms with Gasteiger partial charge >= 0.3 is 10.3 Å². The Balaban J connectivity index is 1.55. The second-order valence-electron chi connectivity index (χ2n) is 6.91. The van der Waals surface area contributed by atoms with Gasteiger partial charge < -0.3 is 9.84 Å². The van der Waals surface area contributed by atoms with Gasteiger partial charge in [-0.1, -0.05) is 30.3 Å². The van der Waals surface area contributed by atoms with Crippen LogP contribution >= 0.6 is 0 Å². The van der Waals surface area contributed by atoms with Crippen LogP contribution in [0.1, 0.15) is 17.5 Å². The van der Waals surface area contributed by atoms with Crippen LogP contribution in [0.5, 0.6) is 0 Å². The molecule has 1 aliphatic heterocycles. The third-order valence-corrected chi connectivity index (χ3v) is 5.36. The van der Waals surface area contributed by atoms with Crippen LogP contribution in [0.25, 0.3) is 11.2 Å². The van der Waals surface area contributed by atoms with Crippen molar-refractivity contribution >= 4 is 21.5 Å². The van der Waals surface area contributed by atoms with Crippen molar-refractivity contribution in [3.63, 3.8) is 0 Å². The van der Waals surface area contributed by atoms with Crippen molar-refractivity contribution in [2.45, 2.75) is 37.4 Å². The van der Waals surface area contributed by atoms with E-state index in [1.807, 2.05) is 30.3 Å². The minimum Gasteiger partial charge on any atom is -0.387 e. The van der Waals surface area contributed by atoms with Gasteiger partial charge in [-0.15, -0.1) is 0 Å². The molecule has 3 heterocycles. The molecule has 4 atom stereocenters. The van der Waals surface area contributed by atoms with Gasteiger partial charge in [-0.25, -0.2) is 24.5 Å². The fourth-order valence-corrected chi connectivity index (χ4v) is 3.73. The number of fused-ring (bicyclic) bond motifs is 1. The van der Waals surface area contributed by atoms with Crippen LogP contribution < -0.4 is 5.14 Å². The molecular weight excluding hydrogens is 417 g/mol. The summed E-state index contributed by atoms with van der Waals surface area (Å²) in [6.07, 6.45) is -1.85. The van der Waals surface area contributed by atoms with Crippen LogP contribution in [0.3, 0.4) is 0 Å². The number of nitrogens with two attached hydrogens (primary N) is 1. The maximum absolute atomic E-state index is 14.7. The summed E-state index contributed by atoms with van der Waals surface area (Å²) in [5.41, 5.74) is 2.70. The van der Waals surface area contributed by atoms with Crippen LogP contribution in [0.2, 0.25) is 0 Å². The number of aryl methyl sites for hydroxylation is 2. The van der Waals surface area contributed by atoms with E-state index < -0.39 is 41.5 Å². The highest BCUT2D eigenvalue weighted by Gasteiger charge is 2.46. The van der Waals surface area contributed by atoms with Crippen molar-refractivity contribution in [1.29, 1.82) is 0 Å². The summed E-state index contributed by atoms with van der Waals surface area (Å²) >= 11 is 0. The standard InChI is InChI=1S/C18H20FN5O5S/c19-14-16(25)13(8-28-30(20,26)27)29-18(14)24-10-23-15-12(21-9-22-17(15)24)7-6-11-4-2-1-3-5-11/h1-5,9-10,13-14,16,18,25H,6-8H2,(H2,20,26,27)/t13-,14+,16-,18-/m1/s1. The van der Waals surface area contributed by atoms with Crippen molar-refractivity contribution in [2.75, 3.05) is 6.61 Å². The van der Waals surface area contributed by atoms with E-state index >= 15 is 0 Å². The van der Waals surface area contributed by atoms with E-state index in [1.165, 1.54) is 17.2 Å². The summed E-state index contributed by atoms with van der Waals surface area (Å²) in [4.78, 5) is 12.8. The highest BCUT2D eigenvalue weighted by atomic mass is 32.2. The number of aromatic nitrogens is 4. The lowest BCUT2D eigenvalue weighted by atomic mass is 10.1. The Morgan fingerprint density at radius 3 is 2.70 bits per heavy atom. The molecule has 0 aliphatic carbocycles. The number of aliphatic hydroxyl groups excluding tert-OH is 1. The first-order valence-corrected chi connectivity index (χ1v) is 10.7. The first kappa shape index (κ1) is 20.8. The zero-order valence-electron chi connectivity index (χ0n) is 15.7. The van der Waals surface area contributed by atoms with Gasteiger partial charge in [-0.3, -0.25) is 8.75 Å². The molecule has 0 amide bonds. The Morgan fingerprint density at radius 1 is 1.20 bits per heavy atom. The molecule has 30 heavy (non-hydrogen) atoms. The maximum atomic E-state index is 14.7. The molecule has 3 aromatic rings. The number of nitrogens with zero attached hydrogens (tertiary/aromatic N) is 4. The molecular formula is C18H20FN5O5S. The molecule has 4 rings (SSSR count). The Morgan fingerprint density at radius 2 is 1.97 bits per heavy atom. The Labute approximate surface area is 171 Å². The molecule has 0 bridgehead atoms. The lowest BCUT2D eigenvalue weighted by Gasteiger charge is -2.15. The molecule has 1 aliphatic rings. The number of benzene rings is 1. The zero-order chi connectivity index (χ0) is 21.3. The van der Waals surface area contributed by atoms with E-state index in [9.17, 15) is 17.9 Å². The summed E-state index contributed by atoms with van der Waals surface area (Å²) in [6, 6.07) is 9.89. The van der Waals surface area contributed by atoms with Crippen molar-refractivity contribution in [1.82, 2.24) is 19.5 Å². The molecule has 160 valence electrons. The summed E-state index contributed by atoms with van der Waals surface area (Å²) in [7, 11) is -4.25. The van der Waals surface area contributed by atoms with E-state index in [0.29, 0.717) is 23.3 Å². The minimum absolute atomic E-state index is 0.348. The van der Waals surface area contributed by atoms with Crippen LogP contribution in [0.4, 0.5) is 4.39 Å². The molecule has 12 heteroatoms. The minimum atomic E-state index is -4.25. The molecule has 3 N–H and O–H groups in total. The summed E-state index contributed by atoms with van der Waals surface area (Å²) in [5.74, 6) is 0. The lowest BCUT2D eigenvalue weighted by Crippen LogP contribution is -2.33. The number of imidazole rings is 1. The van der Waals surface area contributed by atoms with Crippen LogP contribution in [-0.4, -0.2) is 58.0 Å². The molecule has 1 aromatic carbocycles. The number of halogens is 1. The van der Waals surface area contributed by atoms with E-state index in [4.69, 9.17) is 9.88 Å². The maximum Gasteiger partial charge on any atom is 0.333 e. The van der Waals surface area contributed by atoms with Gasteiger partial charge in [0.15, 0.2) is 18.0 Å². The van der Waals surface area contributed by atoms with Gasteiger partial charge in [0.25, 0.3) is 0 Å². The lowest BCUT2D eigenvalue weighted by molar-refractivity contribution is -0.0403. The molecule has 0 spiro atoms. The van der Waals surface area contributed by atoms with Crippen molar-refractivity contribution in [3.05, 3.63) is 54.2 Å². The van der Waals surface area contributed by atoms with Crippen LogP contribution in [0, 0.1) is 0 Å². The topological polar surface area (TPSA) is 142 Å². The fourth-order valence-electron chi connectivity index (χ4n) is 3.40. The van der Waals surface area contributed by atoms with Crippen LogP contribution in [-0.2, 0) is 32.1 Å². The number of aliphatic hydroxyl groups is 1. The molecule has 10 nitrogen and oxygen atoms in total. The highest BCUT2D eigenvalue weighted by molar-refractivity contribution is 7.84. The SMILES string of the molecule is NS(=O)(=O)OC[C@H]1O[C@@H](n2cnc3c(CCc4ccccc4)ncnc32)[C@@H](F)[C@@H]1O. The average Bonchev–Trinajstić information content (AvgIpc) is 3.27. The number of rotatable bonds is 7. The number of hydrogen-bond donors (Lipinski definition) is 2. The molecule has 0 unspecified atom stereocenters.